The summed E-state index contributed by atoms with van der Waals surface area (Å²) in [6.07, 6.45) is 3.27. The number of esters is 1. The van der Waals surface area contributed by atoms with Crippen LogP contribution in [0.15, 0.2) is 34.6 Å². The second kappa shape index (κ2) is 9.83. The van der Waals surface area contributed by atoms with Gasteiger partial charge in [-0.15, -0.1) is 28.1 Å². The number of aromatic nitrogens is 3. The van der Waals surface area contributed by atoms with E-state index in [2.05, 4.69) is 22.1 Å². The number of aryl methyl sites for hydroxylation is 1. The molecular formula is C20H21N5O5S2. The number of amides is 2. The first-order chi connectivity index (χ1) is 15.3. The molecule has 3 rings (SSSR count). The summed E-state index contributed by atoms with van der Waals surface area (Å²) >= 11 is 2.10. The van der Waals surface area contributed by atoms with Crippen LogP contribution in [0.2, 0.25) is 0 Å². The zero-order valence-electron chi connectivity index (χ0n) is 17.6. The van der Waals surface area contributed by atoms with E-state index in [4.69, 9.17) is 14.9 Å². The van der Waals surface area contributed by atoms with Crippen LogP contribution in [-0.4, -0.2) is 45.4 Å². The van der Waals surface area contributed by atoms with Crippen molar-refractivity contribution >= 4 is 45.9 Å². The Morgan fingerprint density at radius 2 is 2.12 bits per heavy atom. The third kappa shape index (κ3) is 4.60. The molecule has 168 valence electrons. The summed E-state index contributed by atoms with van der Waals surface area (Å²) in [5.41, 5.74) is 6.64. The van der Waals surface area contributed by atoms with Gasteiger partial charge < -0.3 is 20.2 Å². The predicted molar refractivity (Wildman–Crippen MR) is 121 cm³/mol. The van der Waals surface area contributed by atoms with Crippen molar-refractivity contribution in [2.75, 3.05) is 18.2 Å². The molecule has 0 unspecified atom stereocenters. The first-order valence-corrected chi connectivity index (χ1v) is 11.1. The quantitative estimate of drug-likeness (QED) is 0.273. The van der Waals surface area contributed by atoms with Crippen molar-refractivity contribution in [3.8, 4) is 11.4 Å². The van der Waals surface area contributed by atoms with Gasteiger partial charge in [-0.05, 0) is 25.5 Å². The van der Waals surface area contributed by atoms with Gasteiger partial charge in [0.05, 0.1) is 35.1 Å². The number of anilines is 1. The summed E-state index contributed by atoms with van der Waals surface area (Å²) in [4.78, 5) is 36.6. The number of nitrogens with zero attached hydrogens (tertiary/aromatic N) is 3. The fraction of sp³-hybridized carbons (Fsp3) is 0.250. The molecule has 0 aliphatic heterocycles. The van der Waals surface area contributed by atoms with Crippen LogP contribution in [-0.2, 0) is 16.1 Å². The Balaban J connectivity index is 1.79. The van der Waals surface area contributed by atoms with Gasteiger partial charge in [0.1, 0.15) is 10.8 Å². The normalized spacial score (nSPS) is 10.7. The number of rotatable bonds is 9. The summed E-state index contributed by atoms with van der Waals surface area (Å²) < 4.78 is 11.9. The standard InChI is InChI=1S/C20H21N5O5S2/c1-5-7-25-17(12-6-8-30-11(12)3)23-24-20(25)31-9-13(26)22-18-14(19(28)29-4)10(2)15(32-18)16(21)27/h5-6,8H,1,7,9H2,2-4H3,(H2,21,27)(H,22,26). The van der Waals surface area contributed by atoms with Gasteiger partial charge in [0.15, 0.2) is 11.0 Å². The average molecular weight is 476 g/mol. The maximum atomic E-state index is 12.6. The van der Waals surface area contributed by atoms with Crippen molar-refractivity contribution < 1.29 is 23.5 Å². The molecular weight excluding hydrogens is 454 g/mol. The molecule has 10 nitrogen and oxygen atoms in total. The molecule has 2 amide bonds. The second-order valence-corrected chi connectivity index (χ2v) is 8.51. The highest BCUT2D eigenvalue weighted by Gasteiger charge is 2.25. The molecule has 0 saturated carbocycles. The van der Waals surface area contributed by atoms with Gasteiger partial charge in [-0.2, -0.15) is 0 Å². The first-order valence-electron chi connectivity index (χ1n) is 9.31. The van der Waals surface area contributed by atoms with Crippen molar-refractivity contribution in [2.24, 2.45) is 5.73 Å². The van der Waals surface area contributed by atoms with Crippen LogP contribution in [0.4, 0.5) is 5.00 Å². The molecule has 0 radical (unpaired) electrons. The highest BCUT2D eigenvalue weighted by molar-refractivity contribution is 7.99. The molecule has 3 N–H and O–H groups in total. The summed E-state index contributed by atoms with van der Waals surface area (Å²) in [6, 6.07) is 1.80. The molecule has 32 heavy (non-hydrogen) atoms. The predicted octanol–water partition coefficient (Wildman–Crippen LogP) is 3.02. The zero-order chi connectivity index (χ0) is 23.4. The lowest BCUT2D eigenvalue weighted by atomic mass is 10.1. The Morgan fingerprint density at radius 1 is 1.38 bits per heavy atom. The van der Waals surface area contributed by atoms with Gasteiger partial charge in [0.25, 0.3) is 5.91 Å². The van der Waals surface area contributed by atoms with Crippen LogP contribution in [0, 0.1) is 13.8 Å². The van der Waals surface area contributed by atoms with E-state index in [9.17, 15) is 14.4 Å². The fourth-order valence-electron chi connectivity index (χ4n) is 2.98. The molecule has 0 saturated heterocycles. The maximum absolute atomic E-state index is 12.6. The Morgan fingerprint density at radius 3 is 2.72 bits per heavy atom. The average Bonchev–Trinajstić information content (AvgIpc) is 3.43. The number of hydrogen-bond acceptors (Lipinski definition) is 9. The van der Waals surface area contributed by atoms with Crippen LogP contribution < -0.4 is 11.1 Å². The van der Waals surface area contributed by atoms with Crippen LogP contribution in [0.5, 0.6) is 0 Å². The Kier molecular flexibility index (Phi) is 7.15. The lowest BCUT2D eigenvalue weighted by Gasteiger charge is -2.08. The van der Waals surface area contributed by atoms with Crippen molar-refractivity contribution in [3.05, 3.63) is 46.7 Å². The van der Waals surface area contributed by atoms with E-state index >= 15 is 0 Å². The molecule has 3 aromatic rings. The number of carbonyl (C=O) groups excluding carboxylic acids is 3. The Labute approximate surface area is 191 Å². The third-order valence-corrected chi connectivity index (χ3v) is 6.66. The highest BCUT2D eigenvalue weighted by atomic mass is 32.2. The second-order valence-electron chi connectivity index (χ2n) is 6.55. The molecule has 0 fully saturated rings. The van der Waals surface area contributed by atoms with Crippen LogP contribution in [0.1, 0.15) is 31.4 Å². The molecule has 0 bridgehead atoms. The Hall–Kier alpha value is -3.38. The highest BCUT2D eigenvalue weighted by Crippen LogP contribution is 2.34. The molecule has 0 atom stereocenters. The smallest absolute Gasteiger partial charge is 0.341 e. The summed E-state index contributed by atoms with van der Waals surface area (Å²) in [5.74, 6) is -0.459. The number of nitrogens with one attached hydrogen (secondary N) is 1. The van der Waals surface area contributed by atoms with E-state index in [0.717, 1.165) is 16.9 Å². The number of carbonyl (C=O) groups is 3. The van der Waals surface area contributed by atoms with E-state index in [1.165, 1.54) is 18.9 Å². The fourth-order valence-corrected chi connectivity index (χ4v) is 4.79. The molecule has 3 aromatic heterocycles. The lowest BCUT2D eigenvalue weighted by molar-refractivity contribution is -0.113. The number of ether oxygens (including phenoxy) is 1. The molecule has 0 aromatic carbocycles. The van der Waals surface area contributed by atoms with E-state index in [-0.39, 0.29) is 21.2 Å². The monoisotopic (exact) mass is 475 g/mol. The largest absolute Gasteiger partial charge is 0.469 e. The van der Waals surface area contributed by atoms with Gasteiger partial charge in [0.2, 0.25) is 5.91 Å². The number of primary amides is 1. The van der Waals surface area contributed by atoms with Crippen LogP contribution in [0.3, 0.4) is 0 Å². The lowest BCUT2D eigenvalue weighted by Crippen LogP contribution is -2.16. The summed E-state index contributed by atoms with van der Waals surface area (Å²) in [5, 5.41) is 11.8. The number of thiophene rings is 1. The minimum atomic E-state index is -0.688. The van der Waals surface area contributed by atoms with Gasteiger partial charge >= 0.3 is 5.97 Å². The number of furan rings is 1. The molecule has 0 aliphatic rings. The van der Waals surface area contributed by atoms with Gasteiger partial charge in [-0.1, -0.05) is 17.8 Å². The minimum absolute atomic E-state index is 0.0108. The van der Waals surface area contributed by atoms with Crippen LogP contribution >= 0.6 is 23.1 Å². The maximum Gasteiger partial charge on any atom is 0.341 e. The van der Waals surface area contributed by atoms with Crippen LogP contribution in [0.25, 0.3) is 11.4 Å². The van der Waals surface area contributed by atoms with Gasteiger partial charge in [-0.25, -0.2) is 4.79 Å². The first kappa shape index (κ1) is 23.3. The van der Waals surface area contributed by atoms with E-state index in [0.29, 0.717) is 28.8 Å². The van der Waals surface area contributed by atoms with E-state index < -0.39 is 17.8 Å². The number of hydrogen-bond donors (Lipinski definition) is 2. The third-order valence-electron chi connectivity index (χ3n) is 4.47. The topological polar surface area (TPSA) is 142 Å². The SMILES string of the molecule is C=CCn1c(SCC(=O)Nc2sc(C(N)=O)c(C)c2C(=O)OC)nnc1-c1ccoc1C. The molecule has 12 heteroatoms. The van der Waals surface area contributed by atoms with Crippen molar-refractivity contribution in [2.45, 2.75) is 25.5 Å². The van der Waals surface area contributed by atoms with E-state index in [1.807, 2.05) is 11.5 Å². The minimum Gasteiger partial charge on any atom is -0.469 e. The summed E-state index contributed by atoms with van der Waals surface area (Å²) in [7, 11) is 1.22. The zero-order valence-corrected chi connectivity index (χ0v) is 19.3. The van der Waals surface area contributed by atoms with Crippen molar-refractivity contribution in [3.63, 3.8) is 0 Å². The van der Waals surface area contributed by atoms with Crippen molar-refractivity contribution in [1.82, 2.24) is 14.8 Å². The molecule has 0 aliphatic carbocycles. The van der Waals surface area contributed by atoms with Gasteiger partial charge in [0, 0.05) is 6.54 Å². The summed E-state index contributed by atoms with van der Waals surface area (Å²) in [6.45, 7) is 7.60. The number of allylic oxidation sites excluding steroid dienone is 1. The number of nitrogens with two attached hydrogens (primary N) is 1. The van der Waals surface area contributed by atoms with E-state index in [1.54, 1.807) is 25.3 Å². The molecule has 3 heterocycles. The Bertz CT molecular complexity index is 1190. The number of methoxy groups -OCH3 is 1. The van der Waals surface area contributed by atoms with Crippen molar-refractivity contribution in [1.29, 1.82) is 0 Å². The molecule has 0 spiro atoms. The number of thioether (sulfide) groups is 1. The van der Waals surface area contributed by atoms with Gasteiger partial charge in [-0.3, -0.25) is 14.2 Å².